The van der Waals surface area contributed by atoms with Crippen molar-refractivity contribution in [3.63, 3.8) is 0 Å². The Morgan fingerprint density at radius 3 is 2.64 bits per heavy atom. The molecule has 6 heteroatoms. The Balaban J connectivity index is 1.94. The van der Waals surface area contributed by atoms with E-state index in [9.17, 15) is 9.18 Å². The lowest BCUT2D eigenvalue weighted by Gasteiger charge is -2.16. The van der Waals surface area contributed by atoms with Crippen LogP contribution < -0.4 is 15.4 Å². The van der Waals surface area contributed by atoms with Crippen molar-refractivity contribution < 1.29 is 18.7 Å². The van der Waals surface area contributed by atoms with Crippen molar-refractivity contribution in [2.24, 2.45) is 5.73 Å². The molecule has 2 N–H and O–H groups in total. The van der Waals surface area contributed by atoms with Crippen LogP contribution in [0, 0.1) is 5.82 Å². The molecule has 1 aliphatic heterocycles. The number of carbonyl (C=O) groups is 1. The molecule has 1 heterocycles. The number of benzene rings is 2. The number of carbonyl (C=O) groups excluding carboxylic acids is 1. The van der Waals surface area contributed by atoms with Crippen molar-refractivity contribution >= 4 is 11.8 Å². The zero-order valence-electron chi connectivity index (χ0n) is 14.3. The number of nitrogens with two attached hydrogens (primary N) is 1. The Bertz CT molecular complexity index is 794. The quantitative estimate of drug-likeness (QED) is 0.898. The molecule has 0 radical (unpaired) electrons. The number of nitrogens with zero attached hydrogens (tertiary/aromatic N) is 1. The fourth-order valence-electron chi connectivity index (χ4n) is 2.92. The summed E-state index contributed by atoms with van der Waals surface area (Å²) in [4.78, 5) is 13.4. The van der Waals surface area contributed by atoms with E-state index in [2.05, 4.69) is 0 Å². The van der Waals surface area contributed by atoms with Crippen molar-refractivity contribution in [1.82, 2.24) is 0 Å². The molecule has 5 nitrogen and oxygen atoms in total. The average molecular weight is 344 g/mol. The average Bonchev–Trinajstić information content (AvgIpc) is 3.02. The Labute approximate surface area is 146 Å². The van der Waals surface area contributed by atoms with Crippen LogP contribution in [0.2, 0.25) is 0 Å². The van der Waals surface area contributed by atoms with Crippen LogP contribution in [0.25, 0.3) is 11.1 Å². The van der Waals surface area contributed by atoms with Crippen LogP contribution in [0.3, 0.4) is 0 Å². The Kier molecular flexibility index (Phi) is 4.90. The molecule has 0 spiro atoms. The minimum Gasteiger partial charge on any atom is -0.496 e. The molecule has 0 saturated carbocycles. The third-order valence-corrected chi connectivity index (χ3v) is 4.39. The highest BCUT2D eigenvalue weighted by Crippen LogP contribution is 2.35. The fraction of sp³-hybridized carbons (Fsp3) is 0.316. The summed E-state index contributed by atoms with van der Waals surface area (Å²) in [6, 6.07) is 10.1. The number of ether oxygens (including phenoxy) is 2. The number of rotatable bonds is 5. The molecule has 132 valence electrons. The van der Waals surface area contributed by atoms with Gasteiger partial charge in [-0.1, -0.05) is 19.1 Å². The van der Waals surface area contributed by atoms with Crippen molar-refractivity contribution in [3.05, 3.63) is 47.8 Å². The Hall–Kier alpha value is -2.60. The van der Waals surface area contributed by atoms with E-state index in [1.807, 2.05) is 13.0 Å². The SMILES string of the molecule is CC[C@H]1CN(c2ccc(-c3ccc(CN)cc3OC)c(F)c2)C(=O)O1. The molecule has 25 heavy (non-hydrogen) atoms. The largest absolute Gasteiger partial charge is 0.496 e. The topological polar surface area (TPSA) is 64.8 Å². The second-order valence-electron chi connectivity index (χ2n) is 5.93. The highest BCUT2D eigenvalue weighted by molar-refractivity contribution is 5.90. The summed E-state index contributed by atoms with van der Waals surface area (Å²) in [5.41, 5.74) is 8.07. The fourth-order valence-corrected chi connectivity index (χ4v) is 2.92. The zero-order chi connectivity index (χ0) is 18.0. The van der Waals surface area contributed by atoms with Crippen LogP contribution in [0.15, 0.2) is 36.4 Å². The van der Waals surface area contributed by atoms with Crippen LogP contribution in [-0.4, -0.2) is 25.9 Å². The molecule has 2 aromatic carbocycles. The third-order valence-electron chi connectivity index (χ3n) is 4.39. The van der Waals surface area contributed by atoms with E-state index in [1.165, 1.54) is 18.1 Å². The maximum atomic E-state index is 14.7. The van der Waals surface area contributed by atoms with E-state index in [0.717, 1.165) is 12.0 Å². The van der Waals surface area contributed by atoms with Crippen LogP contribution >= 0.6 is 0 Å². The Morgan fingerprint density at radius 1 is 1.28 bits per heavy atom. The lowest BCUT2D eigenvalue weighted by molar-refractivity contribution is 0.139. The van der Waals surface area contributed by atoms with Gasteiger partial charge < -0.3 is 15.2 Å². The molecule has 0 bridgehead atoms. The molecular weight excluding hydrogens is 323 g/mol. The number of halogens is 1. The van der Waals surface area contributed by atoms with Crippen molar-refractivity contribution in [3.8, 4) is 16.9 Å². The number of amides is 1. The van der Waals surface area contributed by atoms with Gasteiger partial charge in [-0.25, -0.2) is 9.18 Å². The van der Waals surface area contributed by atoms with Gasteiger partial charge in [0.25, 0.3) is 0 Å². The van der Waals surface area contributed by atoms with E-state index in [1.54, 1.807) is 24.3 Å². The molecule has 0 aliphatic carbocycles. The number of methoxy groups -OCH3 is 1. The zero-order valence-corrected chi connectivity index (χ0v) is 14.3. The van der Waals surface area contributed by atoms with Crippen LogP contribution in [0.5, 0.6) is 5.75 Å². The summed E-state index contributed by atoms with van der Waals surface area (Å²) in [6.45, 7) is 2.76. The van der Waals surface area contributed by atoms with Crippen LogP contribution in [0.1, 0.15) is 18.9 Å². The van der Waals surface area contributed by atoms with Gasteiger partial charge in [0.2, 0.25) is 0 Å². The van der Waals surface area contributed by atoms with Gasteiger partial charge in [0.05, 0.1) is 19.3 Å². The lowest BCUT2D eigenvalue weighted by atomic mass is 10.0. The molecule has 1 fully saturated rings. The molecule has 0 aromatic heterocycles. The van der Waals surface area contributed by atoms with Gasteiger partial charge in [0.15, 0.2) is 0 Å². The highest BCUT2D eigenvalue weighted by atomic mass is 19.1. The van der Waals surface area contributed by atoms with Gasteiger partial charge in [0.1, 0.15) is 17.7 Å². The van der Waals surface area contributed by atoms with Crippen LogP contribution in [-0.2, 0) is 11.3 Å². The molecule has 1 saturated heterocycles. The minimum atomic E-state index is -0.441. The molecule has 0 unspecified atom stereocenters. The molecule has 1 amide bonds. The maximum absolute atomic E-state index is 14.7. The summed E-state index contributed by atoms with van der Waals surface area (Å²) in [5, 5.41) is 0. The highest BCUT2D eigenvalue weighted by Gasteiger charge is 2.31. The summed E-state index contributed by atoms with van der Waals surface area (Å²) in [7, 11) is 1.54. The monoisotopic (exact) mass is 344 g/mol. The van der Waals surface area contributed by atoms with Crippen molar-refractivity contribution in [1.29, 1.82) is 0 Å². The number of hydrogen-bond donors (Lipinski definition) is 1. The molecule has 3 rings (SSSR count). The third kappa shape index (κ3) is 3.30. The number of hydrogen-bond acceptors (Lipinski definition) is 4. The van der Waals surface area contributed by atoms with Crippen molar-refractivity contribution in [2.45, 2.75) is 26.0 Å². The van der Waals surface area contributed by atoms with Gasteiger partial charge in [-0.3, -0.25) is 4.90 Å². The first-order valence-corrected chi connectivity index (χ1v) is 8.22. The van der Waals surface area contributed by atoms with E-state index < -0.39 is 11.9 Å². The standard InChI is InChI=1S/C19H21FN2O3/c1-3-14-11-22(19(23)25-14)13-5-7-15(17(20)9-13)16-6-4-12(10-21)8-18(16)24-2/h4-9,14H,3,10-11,21H2,1-2H3/t14-/m0/s1. The smallest absolute Gasteiger partial charge is 0.414 e. The van der Waals surface area contributed by atoms with E-state index in [4.69, 9.17) is 15.2 Å². The van der Waals surface area contributed by atoms with Gasteiger partial charge in [-0.15, -0.1) is 0 Å². The van der Waals surface area contributed by atoms with Gasteiger partial charge in [-0.05, 0) is 36.2 Å². The van der Waals surface area contributed by atoms with Gasteiger partial charge in [0, 0.05) is 17.7 Å². The first-order valence-electron chi connectivity index (χ1n) is 8.22. The van der Waals surface area contributed by atoms with E-state index in [0.29, 0.717) is 35.7 Å². The predicted octanol–water partition coefficient (Wildman–Crippen LogP) is 3.70. The van der Waals surface area contributed by atoms with Crippen LogP contribution in [0.4, 0.5) is 14.9 Å². The molecule has 1 aliphatic rings. The number of cyclic esters (lactones) is 1. The number of anilines is 1. The van der Waals surface area contributed by atoms with Crippen molar-refractivity contribution in [2.75, 3.05) is 18.6 Å². The summed E-state index contributed by atoms with van der Waals surface area (Å²) in [6.07, 6.45) is 0.135. The molecular formula is C19H21FN2O3. The molecule has 2 aromatic rings. The predicted molar refractivity (Wildman–Crippen MR) is 94.2 cm³/mol. The summed E-state index contributed by atoms with van der Waals surface area (Å²) in [5.74, 6) is 0.130. The second-order valence-corrected chi connectivity index (χ2v) is 5.93. The summed E-state index contributed by atoms with van der Waals surface area (Å²) < 4.78 is 25.3. The first kappa shape index (κ1) is 17.2. The second kappa shape index (κ2) is 7.11. The Morgan fingerprint density at radius 2 is 2.04 bits per heavy atom. The lowest BCUT2D eigenvalue weighted by Crippen LogP contribution is -2.24. The maximum Gasteiger partial charge on any atom is 0.414 e. The van der Waals surface area contributed by atoms with E-state index in [-0.39, 0.29) is 6.10 Å². The normalized spacial score (nSPS) is 16.9. The minimum absolute atomic E-state index is 0.154. The summed E-state index contributed by atoms with van der Waals surface area (Å²) >= 11 is 0. The van der Waals surface area contributed by atoms with Gasteiger partial charge in [-0.2, -0.15) is 0 Å². The van der Waals surface area contributed by atoms with E-state index >= 15 is 0 Å². The first-order chi connectivity index (χ1) is 12.1. The van der Waals surface area contributed by atoms with Gasteiger partial charge >= 0.3 is 6.09 Å². The molecule has 1 atom stereocenters.